The van der Waals surface area contributed by atoms with Crippen molar-refractivity contribution in [1.82, 2.24) is 29.5 Å². The highest BCUT2D eigenvalue weighted by atomic mass is 28.4. The molecule has 1 aliphatic rings. The van der Waals surface area contributed by atoms with Crippen LogP contribution in [-0.2, 0) is 22.3 Å². The van der Waals surface area contributed by atoms with Gasteiger partial charge >= 0.3 is 12.1 Å². The summed E-state index contributed by atoms with van der Waals surface area (Å²) in [6, 6.07) is 18.0. The summed E-state index contributed by atoms with van der Waals surface area (Å²) in [6.07, 6.45) is 4.52. The monoisotopic (exact) mass is 911 g/mol. The lowest BCUT2D eigenvalue weighted by Crippen LogP contribution is -2.50. The van der Waals surface area contributed by atoms with Gasteiger partial charge in [-0.05, 0) is 99.3 Å². The number of hydrogen-bond acceptors (Lipinski definition) is 13. The normalized spacial score (nSPS) is 14.6. The molecule has 1 aliphatic heterocycles. The number of nitrogens with zero attached hydrogens (tertiary/aromatic N) is 8. The molecule has 2 atom stereocenters. The molecule has 15 nitrogen and oxygen atoms in total. The van der Waals surface area contributed by atoms with Crippen molar-refractivity contribution in [2.75, 3.05) is 56.8 Å². The molecule has 4 heterocycles. The van der Waals surface area contributed by atoms with Crippen LogP contribution in [0.25, 0.3) is 5.65 Å². The summed E-state index contributed by atoms with van der Waals surface area (Å²) in [5.41, 5.74) is 3.88. The number of aliphatic hydroxyl groups is 1. The van der Waals surface area contributed by atoms with E-state index in [-0.39, 0.29) is 23.2 Å². The first-order valence-corrected chi connectivity index (χ1v) is 25.6. The third-order valence-electron chi connectivity index (χ3n) is 12.2. The molecule has 1 fully saturated rings. The summed E-state index contributed by atoms with van der Waals surface area (Å²) in [7, 11) is 1.28. The van der Waals surface area contributed by atoms with Gasteiger partial charge in [-0.2, -0.15) is 4.98 Å². The predicted molar refractivity (Wildman–Crippen MR) is 257 cm³/mol. The highest BCUT2D eigenvalue weighted by Crippen LogP contribution is 2.38. The summed E-state index contributed by atoms with van der Waals surface area (Å²) in [4.78, 5) is 33.5. The first-order valence-electron chi connectivity index (χ1n) is 22.7. The lowest BCUT2D eigenvalue weighted by atomic mass is 10.1. The maximum absolute atomic E-state index is 12.7. The number of piperazine rings is 1. The Morgan fingerprint density at radius 2 is 1.46 bits per heavy atom. The Morgan fingerprint density at radius 1 is 0.862 bits per heavy atom. The highest BCUT2D eigenvalue weighted by Gasteiger charge is 2.39. The molecule has 65 heavy (non-hydrogen) atoms. The fourth-order valence-electron chi connectivity index (χ4n) is 7.56. The van der Waals surface area contributed by atoms with Crippen molar-refractivity contribution < 1.29 is 33.3 Å². The Kier molecular flexibility index (Phi) is 15.7. The number of imidazole rings is 1. The van der Waals surface area contributed by atoms with Crippen LogP contribution in [0.1, 0.15) is 102 Å². The molecule has 1 saturated heterocycles. The van der Waals surface area contributed by atoms with Gasteiger partial charge in [-0.15, -0.1) is 5.10 Å². The predicted octanol–water partition coefficient (Wildman–Crippen LogP) is 9.15. The Hall–Kier alpha value is -5.45. The number of aromatic nitrogens is 5. The van der Waals surface area contributed by atoms with E-state index >= 15 is 0 Å². The number of aryl methyl sites for hydroxylation is 1. The molecule has 0 bridgehead atoms. The van der Waals surface area contributed by atoms with Crippen molar-refractivity contribution in [3.63, 3.8) is 0 Å². The van der Waals surface area contributed by atoms with Crippen LogP contribution in [0.5, 0.6) is 17.5 Å². The van der Waals surface area contributed by atoms with Crippen molar-refractivity contribution in [2.45, 2.75) is 124 Å². The van der Waals surface area contributed by atoms with Crippen LogP contribution in [0.4, 0.5) is 16.4 Å². The molecule has 2 unspecified atom stereocenters. The summed E-state index contributed by atoms with van der Waals surface area (Å²) < 4.78 is 31.5. The molecular formula is C49H70N8O7Si. The van der Waals surface area contributed by atoms with Gasteiger partial charge in [-0.3, -0.25) is 0 Å². The topological polar surface area (TPSA) is 149 Å². The molecule has 5 aromatic rings. The number of benzene rings is 2. The average molecular weight is 911 g/mol. The van der Waals surface area contributed by atoms with Gasteiger partial charge in [-0.1, -0.05) is 58.4 Å². The maximum atomic E-state index is 12.7. The standard InChI is InChI=1S/C49H70N8O7Si/c1-13-14-40(64-65(11,12)49(6,7)8)23-28-62-46-52-45(56(32-35-15-19-38(60-9)20-16-35)33-36-17-21-39(61-10)22-18-36)44-51-31-41(57(44)53-46)42(58)37-29-34(2)43(50-30-37)54-24-26-55(27-25-54)47(59)63-48(3,4)5/h15-22,29-31,40,42,58H,13-14,23-28,32-33H2,1-12H3. The quantitative estimate of drug-likeness (QED) is 0.0834. The SMILES string of the molecule is CCCC(CCOc1nc(N(Cc2ccc(OC)cc2)Cc2ccc(OC)cc2)c2ncc(C(O)c3cnc(N4CCN(C(=O)OC(C)(C)C)CC4)c(C)c3)n2n1)O[Si](C)(C)C(C)(C)C. The van der Waals surface area contributed by atoms with Gasteiger partial charge in [0.25, 0.3) is 0 Å². The minimum absolute atomic E-state index is 0.0314. The molecule has 16 heteroatoms. The molecule has 3 aromatic heterocycles. The van der Waals surface area contributed by atoms with Crippen molar-refractivity contribution in [1.29, 1.82) is 0 Å². The molecule has 0 saturated carbocycles. The van der Waals surface area contributed by atoms with Gasteiger partial charge < -0.3 is 43.2 Å². The van der Waals surface area contributed by atoms with Crippen molar-refractivity contribution in [3.8, 4) is 17.5 Å². The lowest BCUT2D eigenvalue weighted by Gasteiger charge is -2.39. The van der Waals surface area contributed by atoms with E-state index in [0.717, 1.165) is 46.8 Å². The van der Waals surface area contributed by atoms with Crippen LogP contribution in [0.2, 0.25) is 18.1 Å². The second kappa shape index (κ2) is 20.8. The van der Waals surface area contributed by atoms with E-state index in [1.165, 1.54) is 0 Å². The number of amides is 1. The minimum Gasteiger partial charge on any atom is -0.497 e. The van der Waals surface area contributed by atoms with Gasteiger partial charge in [0, 0.05) is 63.6 Å². The van der Waals surface area contributed by atoms with Crippen LogP contribution in [0, 0.1) is 6.92 Å². The zero-order chi connectivity index (χ0) is 47.1. The van der Waals surface area contributed by atoms with Crippen molar-refractivity contribution in [3.05, 3.63) is 94.9 Å². The average Bonchev–Trinajstić information content (AvgIpc) is 3.69. The summed E-state index contributed by atoms with van der Waals surface area (Å²) >= 11 is 0. The van der Waals surface area contributed by atoms with E-state index in [2.05, 4.69) is 50.6 Å². The van der Waals surface area contributed by atoms with Crippen LogP contribution >= 0.6 is 0 Å². The van der Waals surface area contributed by atoms with E-state index in [4.69, 9.17) is 43.4 Å². The zero-order valence-electron chi connectivity index (χ0n) is 40.6. The van der Waals surface area contributed by atoms with E-state index in [1.807, 2.05) is 82.3 Å². The Morgan fingerprint density at radius 3 is 1.98 bits per heavy atom. The number of methoxy groups -OCH3 is 2. The second-order valence-electron chi connectivity index (χ2n) is 19.4. The summed E-state index contributed by atoms with van der Waals surface area (Å²) in [5, 5.41) is 17.1. The number of hydrogen-bond donors (Lipinski definition) is 1. The van der Waals surface area contributed by atoms with Gasteiger partial charge in [0.1, 0.15) is 29.0 Å². The maximum Gasteiger partial charge on any atom is 0.410 e. The molecule has 2 aromatic carbocycles. The Bertz CT molecular complexity index is 2290. The number of carbonyl (C=O) groups excluding carboxylic acids is 1. The second-order valence-corrected chi connectivity index (χ2v) is 24.1. The third kappa shape index (κ3) is 12.5. The molecule has 0 spiro atoms. The van der Waals surface area contributed by atoms with Crippen molar-refractivity contribution >= 4 is 31.7 Å². The van der Waals surface area contributed by atoms with E-state index < -0.39 is 20.0 Å². The van der Waals surface area contributed by atoms with Gasteiger partial charge in [0.05, 0.1) is 32.7 Å². The number of aliphatic hydroxyl groups excluding tert-OH is 1. The van der Waals surface area contributed by atoms with Crippen molar-refractivity contribution in [2.24, 2.45) is 0 Å². The number of ether oxygens (including phenoxy) is 4. The smallest absolute Gasteiger partial charge is 0.410 e. The van der Waals surface area contributed by atoms with Crippen LogP contribution in [0.15, 0.2) is 67.0 Å². The third-order valence-corrected chi connectivity index (χ3v) is 16.7. The molecule has 0 radical (unpaired) electrons. The van der Waals surface area contributed by atoms with Crippen LogP contribution < -0.4 is 24.0 Å². The summed E-state index contributed by atoms with van der Waals surface area (Å²) in [5.74, 6) is 2.87. The molecule has 6 rings (SSSR count). The number of pyridine rings is 1. The van der Waals surface area contributed by atoms with Gasteiger partial charge in [0.2, 0.25) is 0 Å². The molecule has 352 valence electrons. The van der Waals surface area contributed by atoms with E-state index in [0.29, 0.717) is 75.0 Å². The molecular weight excluding hydrogens is 841 g/mol. The molecule has 0 aliphatic carbocycles. The Labute approximate surface area is 386 Å². The highest BCUT2D eigenvalue weighted by molar-refractivity contribution is 6.74. The van der Waals surface area contributed by atoms with Gasteiger partial charge in [0.15, 0.2) is 19.8 Å². The fraction of sp³-hybridized carbons (Fsp3) is 0.531. The van der Waals surface area contributed by atoms with E-state index in [1.54, 1.807) is 36.0 Å². The number of rotatable bonds is 18. The number of anilines is 2. The zero-order valence-corrected chi connectivity index (χ0v) is 41.6. The fourth-order valence-corrected chi connectivity index (χ4v) is 8.98. The van der Waals surface area contributed by atoms with Gasteiger partial charge in [-0.25, -0.2) is 19.3 Å². The largest absolute Gasteiger partial charge is 0.497 e. The summed E-state index contributed by atoms with van der Waals surface area (Å²) in [6.45, 7) is 24.6. The first-order chi connectivity index (χ1) is 30.8. The molecule has 1 N–H and O–H groups in total. The minimum atomic E-state index is -2.03. The Balaban J connectivity index is 1.34. The van der Waals surface area contributed by atoms with Crippen LogP contribution in [0.3, 0.4) is 0 Å². The van der Waals surface area contributed by atoms with Crippen LogP contribution in [-0.4, -0.2) is 108 Å². The molecule has 1 amide bonds. The number of carbonyl (C=O) groups is 1. The van der Waals surface area contributed by atoms with E-state index in [9.17, 15) is 9.90 Å². The lowest BCUT2D eigenvalue weighted by molar-refractivity contribution is 0.0240. The number of fused-ring (bicyclic) bond motifs is 1. The first kappa shape index (κ1) is 49.0.